The molecule has 12 heteroatoms. The Bertz CT molecular complexity index is 1030. The van der Waals surface area contributed by atoms with Crippen LogP contribution in [-0.2, 0) is 21.4 Å². The van der Waals surface area contributed by atoms with Crippen molar-refractivity contribution in [2.24, 2.45) is 0 Å². The number of nitrogens with zero attached hydrogens (tertiary/aromatic N) is 2. The summed E-state index contributed by atoms with van der Waals surface area (Å²) in [6.07, 6.45) is 0.505. The fraction of sp³-hybridized carbons (Fsp3) is 0.214. The zero-order valence-corrected chi connectivity index (χ0v) is 14.2. The smallest absolute Gasteiger partial charge is 0.326 e. The normalized spacial score (nSPS) is 15.8. The molecule has 0 unspecified atom stereocenters. The van der Waals surface area contributed by atoms with Gasteiger partial charge in [0.1, 0.15) is 18.0 Å². The molecule has 1 fully saturated rings. The van der Waals surface area contributed by atoms with Gasteiger partial charge in [-0.2, -0.15) is 8.42 Å². The third-order valence-corrected chi connectivity index (χ3v) is 4.91. The largest absolute Gasteiger partial charge is 0.506 e. The van der Waals surface area contributed by atoms with Crippen molar-refractivity contribution in [3.63, 3.8) is 0 Å². The number of aromatic hydroxyl groups is 1. The minimum Gasteiger partial charge on any atom is -0.506 e. The number of phenolic OH excluding ortho intramolecular Hbond substituents is 1. The first-order chi connectivity index (χ1) is 12.2. The van der Waals surface area contributed by atoms with Crippen LogP contribution in [-0.4, -0.2) is 35.9 Å². The Labute approximate surface area is 146 Å². The van der Waals surface area contributed by atoms with Gasteiger partial charge in [0.25, 0.3) is 11.5 Å². The Kier molecular flexibility index (Phi) is 4.28. The number of halogens is 1. The molecule has 3 rings (SSSR count). The maximum absolute atomic E-state index is 14.4. The lowest BCUT2D eigenvalue weighted by Gasteiger charge is -2.18. The van der Waals surface area contributed by atoms with E-state index in [2.05, 4.69) is 15.3 Å². The summed E-state index contributed by atoms with van der Waals surface area (Å²) in [6.45, 7) is 1.16. The predicted molar refractivity (Wildman–Crippen MR) is 90.0 cm³/mol. The summed E-state index contributed by atoms with van der Waals surface area (Å²) < 4.78 is 40.2. The molecule has 1 aliphatic heterocycles. The second-order valence-corrected chi connectivity index (χ2v) is 7.02. The van der Waals surface area contributed by atoms with Crippen LogP contribution in [0.5, 0.6) is 5.75 Å². The highest BCUT2D eigenvalue weighted by molar-refractivity contribution is 7.92. The minimum atomic E-state index is -4.27. The van der Waals surface area contributed by atoms with Gasteiger partial charge < -0.3 is 10.4 Å². The summed E-state index contributed by atoms with van der Waals surface area (Å²) in [5.74, 6) is -2.60. The molecule has 1 aromatic heterocycles. The number of rotatable bonds is 4. The molecule has 0 spiro atoms. The lowest BCUT2D eigenvalue weighted by molar-refractivity contribution is -0.117. The quantitative estimate of drug-likeness (QED) is 0.586. The lowest BCUT2D eigenvalue weighted by Crippen LogP contribution is -2.30. The molecule has 0 saturated carbocycles. The van der Waals surface area contributed by atoms with E-state index in [0.29, 0.717) is 16.4 Å². The van der Waals surface area contributed by atoms with Gasteiger partial charge >= 0.3 is 10.2 Å². The number of benzene rings is 1. The molecule has 10 nitrogen and oxygen atoms in total. The summed E-state index contributed by atoms with van der Waals surface area (Å²) in [5, 5.41) is 12.7. The summed E-state index contributed by atoms with van der Waals surface area (Å²) in [4.78, 5) is 29.4. The van der Waals surface area contributed by atoms with Gasteiger partial charge in [0, 0.05) is 23.5 Å². The van der Waals surface area contributed by atoms with Crippen LogP contribution in [0.3, 0.4) is 0 Å². The van der Waals surface area contributed by atoms with Gasteiger partial charge in [-0.15, -0.1) is 0 Å². The van der Waals surface area contributed by atoms with Crippen molar-refractivity contribution in [3.8, 4) is 5.75 Å². The molecule has 1 aliphatic rings. The summed E-state index contributed by atoms with van der Waals surface area (Å²) in [7, 11) is -4.27. The number of carbonyl (C=O) groups excluding carboxylic acids is 1. The molecule has 0 bridgehead atoms. The molecule has 1 amide bonds. The number of H-pyrrole nitrogens is 1. The molecule has 4 N–H and O–H groups in total. The average molecular weight is 383 g/mol. The SMILES string of the molecule is CCc1cc(=O)[nH]c(Nc2cc(O)c(N3CC(=O)NS3(=O)=O)c(F)c2)n1. The molecule has 0 aliphatic carbocycles. The molecular weight excluding hydrogens is 369 g/mol. The summed E-state index contributed by atoms with van der Waals surface area (Å²) in [5.41, 5.74) is -0.535. The fourth-order valence-electron chi connectivity index (χ4n) is 2.43. The van der Waals surface area contributed by atoms with E-state index < -0.39 is 45.5 Å². The highest BCUT2D eigenvalue weighted by atomic mass is 32.2. The number of hydrogen-bond donors (Lipinski definition) is 4. The van der Waals surface area contributed by atoms with E-state index in [1.807, 2.05) is 0 Å². The van der Waals surface area contributed by atoms with Crippen molar-refractivity contribution in [1.29, 1.82) is 0 Å². The molecule has 0 atom stereocenters. The maximum atomic E-state index is 14.4. The van der Waals surface area contributed by atoms with Gasteiger partial charge in [-0.3, -0.25) is 14.6 Å². The first kappa shape index (κ1) is 17.7. The van der Waals surface area contributed by atoms with Gasteiger partial charge in [-0.25, -0.2) is 18.4 Å². The zero-order chi connectivity index (χ0) is 19.1. The van der Waals surface area contributed by atoms with Crippen LogP contribution >= 0.6 is 0 Å². The minimum absolute atomic E-state index is 0.0241. The Morgan fingerprint density at radius 2 is 2.08 bits per heavy atom. The molecular formula is C14H14FN5O5S. The van der Waals surface area contributed by atoms with Gasteiger partial charge in [0.05, 0.1) is 0 Å². The van der Waals surface area contributed by atoms with Gasteiger partial charge in [-0.1, -0.05) is 6.92 Å². The highest BCUT2D eigenvalue weighted by Crippen LogP contribution is 2.36. The van der Waals surface area contributed by atoms with E-state index in [1.54, 1.807) is 11.6 Å². The molecule has 2 heterocycles. The number of amides is 1. The van der Waals surface area contributed by atoms with E-state index in [1.165, 1.54) is 6.07 Å². The molecule has 1 aromatic carbocycles. The predicted octanol–water partition coefficient (Wildman–Crippen LogP) is 0.102. The third kappa shape index (κ3) is 3.31. The first-order valence-corrected chi connectivity index (χ1v) is 8.86. The van der Waals surface area contributed by atoms with Gasteiger partial charge in [0.2, 0.25) is 5.95 Å². The van der Waals surface area contributed by atoms with Gasteiger partial charge in [-0.05, 0) is 12.5 Å². The number of aromatic nitrogens is 2. The lowest BCUT2D eigenvalue weighted by atomic mass is 10.2. The Morgan fingerprint density at radius 3 is 2.65 bits per heavy atom. The highest BCUT2D eigenvalue weighted by Gasteiger charge is 2.37. The van der Waals surface area contributed by atoms with Gasteiger partial charge in [0.15, 0.2) is 5.82 Å². The van der Waals surface area contributed by atoms with E-state index in [9.17, 15) is 27.5 Å². The van der Waals surface area contributed by atoms with E-state index in [0.717, 1.165) is 12.1 Å². The Hall–Kier alpha value is -3.15. The van der Waals surface area contributed by atoms with Crippen LogP contribution in [0.15, 0.2) is 23.0 Å². The number of anilines is 3. The number of nitrogens with one attached hydrogen (secondary N) is 3. The van der Waals surface area contributed by atoms with Crippen molar-refractivity contribution < 1.29 is 22.7 Å². The number of phenols is 1. The maximum Gasteiger partial charge on any atom is 0.326 e. The number of carbonyl (C=O) groups is 1. The van der Waals surface area contributed by atoms with Crippen molar-refractivity contribution >= 4 is 33.4 Å². The van der Waals surface area contributed by atoms with Crippen LogP contribution in [0.1, 0.15) is 12.6 Å². The summed E-state index contributed by atoms with van der Waals surface area (Å²) >= 11 is 0. The first-order valence-electron chi connectivity index (χ1n) is 7.42. The molecule has 2 aromatic rings. The van der Waals surface area contributed by atoms with Crippen molar-refractivity contribution in [3.05, 3.63) is 40.1 Å². The van der Waals surface area contributed by atoms with Crippen LogP contribution < -0.4 is 19.9 Å². The molecule has 138 valence electrons. The second kappa shape index (κ2) is 6.29. The number of aromatic amines is 1. The Balaban J connectivity index is 1.97. The molecule has 0 radical (unpaired) electrons. The van der Waals surface area contributed by atoms with E-state index >= 15 is 0 Å². The average Bonchev–Trinajstić information content (AvgIpc) is 2.78. The van der Waals surface area contributed by atoms with Crippen LogP contribution in [0.4, 0.5) is 21.7 Å². The van der Waals surface area contributed by atoms with Crippen molar-refractivity contribution in [2.75, 3.05) is 16.2 Å². The van der Waals surface area contributed by atoms with Crippen molar-refractivity contribution in [1.82, 2.24) is 14.7 Å². The van der Waals surface area contributed by atoms with Crippen molar-refractivity contribution in [2.45, 2.75) is 13.3 Å². The third-order valence-electron chi connectivity index (χ3n) is 3.53. The second-order valence-electron chi connectivity index (χ2n) is 5.43. The van der Waals surface area contributed by atoms with E-state index in [4.69, 9.17) is 0 Å². The number of aryl methyl sites for hydroxylation is 1. The van der Waals surface area contributed by atoms with E-state index in [-0.39, 0.29) is 11.6 Å². The van der Waals surface area contributed by atoms with Crippen LogP contribution in [0.25, 0.3) is 0 Å². The number of hydrogen-bond acceptors (Lipinski definition) is 7. The topological polar surface area (TPSA) is 144 Å². The van der Waals surface area contributed by atoms with Crippen LogP contribution in [0.2, 0.25) is 0 Å². The van der Waals surface area contributed by atoms with Crippen LogP contribution in [0, 0.1) is 5.82 Å². The molecule has 1 saturated heterocycles. The summed E-state index contributed by atoms with van der Waals surface area (Å²) in [6, 6.07) is 3.27. The molecule has 26 heavy (non-hydrogen) atoms. The monoisotopic (exact) mass is 383 g/mol. The Morgan fingerprint density at radius 1 is 1.35 bits per heavy atom. The zero-order valence-electron chi connectivity index (χ0n) is 13.4. The standard InChI is InChI=1S/C14H14FN5O5S/c1-2-7-5-11(22)18-14(16-7)17-8-3-9(15)13(10(21)4-8)20-6-12(23)19-26(20,24)25/h3-5,21H,2,6H2,1H3,(H,19,23)(H2,16,17,18,22). The fourth-order valence-corrected chi connectivity index (χ4v) is 3.61.